The van der Waals surface area contributed by atoms with Crippen LogP contribution in [0.25, 0.3) is 21.3 Å². The number of fused-ring (bicyclic) bond motifs is 3. The van der Waals surface area contributed by atoms with Gasteiger partial charge in [-0.3, -0.25) is 4.79 Å². The van der Waals surface area contributed by atoms with E-state index >= 15 is 0 Å². The molecular weight excluding hydrogens is 372 g/mol. The minimum atomic E-state index is -0.145. The highest BCUT2D eigenvalue weighted by atomic mass is 35.5. The molecule has 2 heterocycles. The van der Waals surface area contributed by atoms with Crippen molar-refractivity contribution in [2.24, 2.45) is 0 Å². The second-order valence-electron chi connectivity index (χ2n) is 6.23. The molecule has 5 nitrogen and oxygen atoms in total. The van der Waals surface area contributed by atoms with Gasteiger partial charge in [-0.25, -0.2) is 4.98 Å². The van der Waals surface area contributed by atoms with Crippen LogP contribution in [0, 0.1) is 0 Å². The van der Waals surface area contributed by atoms with E-state index in [-0.39, 0.29) is 11.3 Å². The summed E-state index contributed by atoms with van der Waals surface area (Å²) < 4.78 is 5.03. The molecule has 0 aliphatic heterocycles. The third kappa shape index (κ3) is 2.99. The first kappa shape index (κ1) is 17.1. The molecule has 4 rings (SSSR count). The number of phenolic OH excluding ortho intramolecular Hbond substituents is 1. The molecule has 0 amide bonds. The molecule has 0 unspecified atom stereocenters. The number of hydrogen-bond donors (Lipinski definition) is 2. The molecule has 1 aliphatic carbocycles. The van der Waals surface area contributed by atoms with Crippen molar-refractivity contribution in [2.45, 2.75) is 25.7 Å². The van der Waals surface area contributed by atoms with Crippen LogP contribution in [0.2, 0.25) is 0 Å². The lowest BCUT2D eigenvalue weighted by Crippen LogP contribution is -2.12. The zero-order valence-corrected chi connectivity index (χ0v) is 15.7. The molecule has 134 valence electrons. The molecule has 7 heteroatoms. The maximum Gasteiger partial charge on any atom is 0.260 e. The molecule has 0 radical (unpaired) electrons. The number of aryl methyl sites for hydroxylation is 2. The minimum absolute atomic E-state index is 0.0218. The molecule has 3 aromatic rings. The first-order valence-corrected chi connectivity index (χ1v) is 9.55. The Labute approximate surface area is 158 Å². The molecule has 0 atom stereocenters. The monoisotopic (exact) mass is 388 g/mol. The Balaban J connectivity index is 1.76. The van der Waals surface area contributed by atoms with E-state index in [1.54, 1.807) is 35.6 Å². The average Bonchev–Trinajstić information content (AvgIpc) is 3.00. The average molecular weight is 389 g/mol. The lowest BCUT2D eigenvalue weighted by Gasteiger charge is -2.09. The number of aromatic nitrogens is 2. The van der Waals surface area contributed by atoms with Crippen LogP contribution in [0.1, 0.15) is 34.7 Å². The summed E-state index contributed by atoms with van der Waals surface area (Å²) in [6, 6.07) is 4.96. The van der Waals surface area contributed by atoms with Crippen LogP contribution in [0.5, 0.6) is 11.5 Å². The third-order valence-corrected chi connectivity index (χ3v) is 6.02. The van der Waals surface area contributed by atoms with Crippen molar-refractivity contribution >= 4 is 44.3 Å². The Morgan fingerprint density at radius 2 is 2.19 bits per heavy atom. The predicted octanol–water partition coefficient (Wildman–Crippen LogP) is 4.31. The normalized spacial score (nSPS) is 14.5. The predicted molar refractivity (Wildman–Crippen MR) is 105 cm³/mol. The third-order valence-electron chi connectivity index (χ3n) is 4.55. The van der Waals surface area contributed by atoms with Gasteiger partial charge in [-0.1, -0.05) is 17.7 Å². The van der Waals surface area contributed by atoms with Gasteiger partial charge in [0.25, 0.3) is 5.56 Å². The molecule has 0 bridgehead atoms. The van der Waals surface area contributed by atoms with E-state index in [4.69, 9.17) is 16.3 Å². The van der Waals surface area contributed by atoms with E-state index in [0.29, 0.717) is 27.6 Å². The fraction of sp³-hybridized carbons (Fsp3) is 0.263. The number of halogens is 1. The number of benzene rings is 1. The number of thiophene rings is 1. The Morgan fingerprint density at radius 1 is 1.38 bits per heavy atom. The van der Waals surface area contributed by atoms with Gasteiger partial charge in [0.2, 0.25) is 0 Å². The maximum absolute atomic E-state index is 12.6. The van der Waals surface area contributed by atoms with Crippen molar-refractivity contribution < 1.29 is 9.84 Å². The van der Waals surface area contributed by atoms with E-state index in [2.05, 4.69) is 9.97 Å². The number of methoxy groups -OCH3 is 1. The van der Waals surface area contributed by atoms with E-state index < -0.39 is 0 Å². The number of phenols is 1. The van der Waals surface area contributed by atoms with Crippen molar-refractivity contribution in [3.63, 3.8) is 0 Å². The molecule has 1 aromatic carbocycles. The van der Waals surface area contributed by atoms with Crippen LogP contribution in [0.4, 0.5) is 0 Å². The second kappa shape index (κ2) is 6.78. The standard InChI is InChI=1S/C19H17ClN2O3S/c1-25-14-7-6-10(9-13(14)23)8-12(20)17-21-18(24)16-11-4-2-3-5-15(11)26-19(16)22-17/h6-9,23H,2-5H2,1H3,(H,21,22,24)/b12-8-. The van der Waals surface area contributed by atoms with E-state index in [1.165, 1.54) is 12.0 Å². The fourth-order valence-electron chi connectivity index (χ4n) is 3.29. The summed E-state index contributed by atoms with van der Waals surface area (Å²) in [5.74, 6) is 0.738. The number of aromatic amines is 1. The molecule has 0 spiro atoms. The van der Waals surface area contributed by atoms with Crippen molar-refractivity contribution in [3.05, 3.63) is 50.4 Å². The highest BCUT2D eigenvalue weighted by Gasteiger charge is 2.20. The molecule has 0 saturated heterocycles. The van der Waals surface area contributed by atoms with Crippen molar-refractivity contribution in [1.29, 1.82) is 0 Å². The lowest BCUT2D eigenvalue weighted by atomic mass is 9.97. The highest BCUT2D eigenvalue weighted by molar-refractivity contribution is 7.18. The Hall–Kier alpha value is -2.31. The van der Waals surface area contributed by atoms with Crippen LogP contribution in [0.3, 0.4) is 0 Å². The van der Waals surface area contributed by atoms with Gasteiger partial charge >= 0.3 is 0 Å². The van der Waals surface area contributed by atoms with E-state index in [1.807, 2.05) is 0 Å². The second-order valence-corrected chi connectivity index (χ2v) is 7.72. The molecule has 0 saturated carbocycles. The Kier molecular flexibility index (Phi) is 4.46. The van der Waals surface area contributed by atoms with Crippen LogP contribution in [-0.2, 0) is 12.8 Å². The highest BCUT2D eigenvalue weighted by Crippen LogP contribution is 2.34. The SMILES string of the molecule is COc1ccc(/C=C(\Cl)c2nc3sc4c(c3c(=O)[nH]2)CCCC4)cc1O. The summed E-state index contributed by atoms with van der Waals surface area (Å²) in [5, 5.41) is 10.9. The number of ether oxygens (including phenoxy) is 1. The van der Waals surface area contributed by atoms with Gasteiger partial charge in [0.15, 0.2) is 17.3 Å². The zero-order chi connectivity index (χ0) is 18.3. The van der Waals surface area contributed by atoms with Crippen molar-refractivity contribution in [1.82, 2.24) is 9.97 Å². The quantitative estimate of drug-likeness (QED) is 0.700. The van der Waals surface area contributed by atoms with Crippen LogP contribution in [0.15, 0.2) is 23.0 Å². The number of H-pyrrole nitrogens is 1. The van der Waals surface area contributed by atoms with Gasteiger partial charge < -0.3 is 14.8 Å². The van der Waals surface area contributed by atoms with Crippen molar-refractivity contribution in [3.8, 4) is 11.5 Å². The van der Waals surface area contributed by atoms with E-state index in [9.17, 15) is 9.90 Å². The lowest BCUT2D eigenvalue weighted by molar-refractivity contribution is 0.373. The largest absolute Gasteiger partial charge is 0.504 e. The Bertz CT molecular complexity index is 1080. The van der Waals surface area contributed by atoms with Gasteiger partial charge in [0, 0.05) is 4.88 Å². The van der Waals surface area contributed by atoms with Gasteiger partial charge in [-0.2, -0.15) is 0 Å². The first-order chi connectivity index (χ1) is 12.6. The van der Waals surface area contributed by atoms with Crippen molar-refractivity contribution in [2.75, 3.05) is 7.11 Å². The number of nitrogens with one attached hydrogen (secondary N) is 1. The summed E-state index contributed by atoms with van der Waals surface area (Å²) in [6.45, 7) is 0. The fourth-order valence-corrected chi connectivity index (χ4v) is 4.77. The molecule has 26 heavy (non-hydrogen) atoms. The number of nitrogens with zero attached hydrogens (tertiary/aromatic N) is 1. The minimum Gasteiger partial charge on any atom is -0.504 e. The summed E-state index contributed by atoms with van der Waals surface area (Å²) in [4.78, 5) is 22.0. The number of hydrogen-bond acceptors (Lipinski definition) is 5. The molecule has 1 aliphatic rings. The summed E-state index contributed by atoms with van der Waals surface area (Å²) >= 11 is 7.97. The zero-order valence-electron chi connectivity index (χ0n) is 14.1. The molecule has 0 fully saturated rings. The maximum atomic E-state index is 12.6. The summed E-state index contributed by atoms with van der Waals surface area (Å²) in [7, 11) is 1.49. The first-order valence-electron chi connectivity index (χ1n) is 8.36. The Morgan fingerprint density at radius 3 is 2.96 bits per heavy atom. The molecule has 2 aromatic heterocycles. The summed E-state index contributed by atoms with van der Waals surface area (Å²) in [6.07, 6.45) is 5.88. The molecule has 2 N–H and O–H groups in total. The van der Waals surface area contributed by atoms with Gasteiger partial charge in [0.1, 0.15) is 4.83 Å². The van der Waals surface area contributed by atoms with Crippen LogP contribution in [-0.4, -0.2) is 22.2 Å². The smallest absolute Gasteiger partial charge is 0.260 e. The summed E-state index contributed by atoms with van der Waals surface area (Å²) in [5.41, 5.74) is 1.69. The van der Waals surface area contributed by atoms with Crippen LogP contribution >= 0.6 is 22.9 Å². The van der Waals surface area contributed by atoms with Gasteiger partial charge in [-0.05, 0) is 55.0 Å². The van der Waals surface area contributed by atoms with Crippen LogP contribution < -0.4 is 10.3 Å². The van der Waals surface area contributed by atoms with Gasteiger partial charge in [-0.15, -0.1) is 11.3 Å². The topological polar surface area (TPSA) is 75.2 Å². The van der Waals surface area contributed by atoms with Gasteiger partial charge in [0.05, 0.1) is 17.5 Å². The molecular formula is C19H17ClN2O3S. The van der Waals surface area contributed by atoms with E-state index in [0.717, 1.165) is 36.1 Å². The number of aromatic hydroxyl groups is 1. The number of rotatable bonds is 3.